The summed E-state index contributed by atoms with van der Waals surface area (Å²) in [5.74, 6) is 1.26. The molecule has 1 atom stereocenters. The summed E-state index contributed by atoms with van der Waals surface area (Å²) in [6, 6.07) is 27.5. The standard InChI is InChI=1S/C28H32N4S/c1-21-17-28(2,3)32(19-22-10-6-4-7-11-22)26-15-14-24(16-25(21)26)18-30-31-27(29)33-20-23-12-8-5-9-13-23/h4-16,18,21H,17,19-20H2,1-3H3,(H2,29,31). The summed E-state index contributed by atoms with van der Waals surface area (Å²) in [6.07, 6.45) is 2.90. The third-order valence-corrected chi connectivity index (χ3v) is 7.04. The van der Waals surface area contributed by atoms with Crippen molar-refractivity contribution in [3.63, 3.8) is 0 Å². The highest BCUT2D eigenvalue weighted by Gasteiger charge is 2.36. The lowest BCUT2D eigenvalue weighted by atomic mass is 9.79. The van der Waals surface area contributed by atoms with Gasteiger partial charge in [0.25, 0.3) is 0 Å². The fourth-order valence-electron chi connectivity index (χ4n) is 4.57. The van der Waals surface area contributed by atoms with Gasteiger partial charge in [0.2, 0.25) is 0 Å². The molecule has 1 heterocycles. The molecule has 0 amide bonds. The SMILES string of the molecule is CC1CC(C)(C)N(Cc2ccccc2)c2ccc(C=NN=C(N)SCc3ccccc3)cc21. The maximum atomic E-state index is 6.03. The normalized spacial score (nSPS) is 17.8. The van der Waals surface area contributed by atoms with Crippen LogP contribution in [0.15, 0.2) is 89.1 Å². The van der Waals surface area contributed by atoms with Gasteiger partial charge in [-0.05, 0) is 60.6 Å². The Morgan fingerprint density at radius 3 is 2.39 bits per heavy atom. The second-order valence-electron chi connectivity index (χ2n) is 9.26. The highest BCUT2D eigenvalue weighted by Crippen LogP contribution is 2.44. The van der Waals surface area contributed by atoms with E-state index in [0.717, 1.165) is 24.3 Å². The van der Waals surface area contributed by atoms with Crippen molar-refractivity contribution in [3.8, 4) is 0 Å². The molecule has 2 N–H and O–H groups in total. The lowest BCUT2D eigenvalue weighted by molar-refractivity contribution is 0.374. The average molecular weight is 457 g/mol. The van der Waals surface area contributed by atoms with E-state index in [2.05, 4.69) is 96.5 Å². The Kier molecular flexibility index (Phi) is 7.19. The largest absolute Gasteiger partial charge is 0.377 e. The number of nitrogens with zero attached hydrogens (tertiary/aromatic N) is 3. The van der Waals surface area contributed by atoms with Gasteiger partial charge < -0.3 is 10.6 Å². The van der Waals surface area contributed by atoms with E-state index in [-0.39, 0.29) is 5.54 Å². The fourth-order valence-corrected chi connectivity index (χ4v) is 5.18. The molecule has 0 aliphatic carbocycles. The number of amidine groups is 1. The van der Waals surface area contributed by atoms with Gasteiger partial charge in [0.05, 0.1) is 6.21 Å². The molecular weight excluding hydrogens is 424 g/mol. The minimum atomic E-state index is 0.0899. The lowest BCUT2D eigenvalue weighted by Crippen LogP contribution is -2.47. The Morgan fingerprint density at radius 1 is 1.03 bits per heavy atom. The van der Waals surface area contributed by atoms with Crippen LogP contribution in [-0.4, -0.2) is 16.9 Å². The molecule has 0 saturated heterocycles. The molecule has 0 spiro atoms. The van der Waals surface area contributed by atoms with E-state index >= 15 is 0 Å². The molecule has 0 bridgehead atoms. The molecule has 4 rings (SSSR count). The third-order valence-electron chi connectivity index (χ3n) is 6.19. The number of rotatable bonds is 6. The van der Waals surface area contributed by atoms with Crippen LogP contribution in [0, 0.1) is 0 Å². The Morgan fingerprint density at radius 2 is 1.70 bits per heavy atom. The van der Waals surface area contributed by atoms with E-state index in [9.17, 15) is 0 Å². The van der Waals surface area contributed by atoms with Gasteiger partial charge in [0.15, 0.2) is 5.17 Å². The molecule has 0 saturated carbocycles. The number of anilines is 1. The summed E-state index contributed by atoms with van der Waals surface area (Å²) in [5.41, 5.74) is 12.4. The molecule has 0 radical (unpaired) electrons. The van der Waals surface area contributed by atoms with Gasteiger partial charge in [0, 0.05) is 23.5 Å². The second kappa shape index (κ2) is 10.3. The number of nitrogens with two attached hydrogens (primary N) is 1. The topological polar surface area (TPSA) is 54.0 Å². The highest BCUT2D eigenvalue weighted by atomic mass is 32.2. The maximum absolute atomic E-state index is 6.03. The predicted octanol–water partition coefficient (Wildman–Crippen LogP) is 6.56. The second-order valence-corrected chi connectivity index (χ2v) is 10.3. The van der Waals surface area contributed by atoms with Crippen molar-refractivity contribution >= 4 is 28.8 Å². The number of benzene rings is 3. The quantitative estimate of drug-likeness (QED) is 0.260. The maximum Gasteiger partial charge on any atom is 0.180 e. The Labute approximate surface area is 201 Å². The molecule has 0 fully saturated rings. The number of thioether (sulfide) groups is 1. The van der Waals surface area contributed by atoms with Crippen LogP contribution in [0.1, 0.15) is 55.4 Å². The van der Waals surface area contributed by atoms with Crippen molar-refractivity contribution in [1.29, 1.82) is 0 Å². The number of fused-ring (bicyclic) bond motifs is 1. The van der Waals surface area contributed by atoms with Gasteiger partial charge in [-0.2, -0.15) is 5.10 Å². The molecule has 1 aliphatic rings. The van der Waals surface area contributed by atoms with Crippen LogP contribution in [-0.2, 0) is 12.3 Å². The fraction of sp³-hybridized carbons (Fsp3) is 0.286. The average Bonchev–Trinajstić information content (AvgIpc) is 2.81. The lowest BCUT2D eigenvalue weighted by Gasteiger charge is -2.47. The van der Waals surface area contributed by atoms with Crippen LogP contribution in [0.2, 0.25) is 0 Å². The van der Waals surface area contributed by atoms with Gasteiger partial charge in [-0.3, -0.25) is 0 Å². The first-order chi connectivity index (χ1) is 15.9. The van der Waals surface area contributed by atoms with E-state index in [1.54, 1.807) is 6.21 Å². The molecule has 170 valence electrons. The molecule has 33 heavy (non-hydrogen) atoms. The molecule has 0 aromatic heterocycles. The molecule has 4 nitrogen and oxygen atoms in total. The van der Waals surface area contributed by atoms with Gasteiger partial charge in [0.1, 0.15) is 0 Å². The number of hydrogen-bond acceptors (Lipinski definition) is 4. The van der Waals surface area contributed by atoms with E-state index in [0.29, 0.717) is 11.1 Å². The zero-order valence-electron chi connectivity index (χ0n) is 19.6. The predicted molar refractivity (Wildman–Crippen MR) is 143 cm³/mol. The third kappa shape index (κ3) is 5.85. The summed E-state index contributed by atoms with van der Waals surface area (Å²) in [6.45, 7) is 7.91. The zero-order valence-corrected chi connectivity index (χ0v) is 20.4. The van der Waals surface area contributed by atoms with Crippen LogP contribution in [0.4, 0.5) is 5.69 Å². The molecular formula is C28H32N4S. The van der Waals surface area contributed by atoms with Gasteiger partial charge >= 0.3 is 0 Å². The van der Waals surface area contributed by atoms with Crippen molar-refractivity contribution in [1.82, 2.24) is 0 Å². The minimum Gasteiger partial charge on any atom is -0.377 e. The van der Waals surface area contributed by atoms with E-state index in [1.165, 1.54) is 34.1 Å². The Bertz CT molecular complexity index is 1120. The molecule has 5 heteroatoms. The van der Waals surface area contributed by atoms with Gasteiger partial charge in [-0.1, -0.05) is 85.4 Å². The highest BCUT2D eigenvalue weighted by molar-refractivity contribution is 8.13. The molecule has 3 aromatic carbocycles. The summed E-state index contributed by atoms with van der Waals surface area (Å²) in [7, 11) is 0. The van der Waals surface area contributed by atoms with E-state index < -0.39 is 0 Å². The van der Waals surface area contributed by atoms with Crippen molar-refractivity contribution in [3.05, 3.63) is 101 Å². The van der Waals surface area contributed by atoms with Crippen LogP contribution in [0.3, 0.4) is 0 Å². The molecule has 3 aromatic rings. The number of hydrogen-bond donors (Lipinski definition) is 1. The van der Waals surface area contributed by atoms with Crippen molar-refractivity contribution in [2.24, 2.45) is 15.9 Å². The summed E-state index contributed by atoms with van der Waals surface area (Å²) < 4.78 is 0. The van der Waals surface area contributed by atoms with Crippen molar-refractivity contribution < 1.29 is 0 Å². The summed E-state index contributed by atoms with van der Waals surface area (Å²) >= 11 is 1.50. The molecule has 1 unspecified atom stereocenters. The first-order valence-electron chi connectivity index (χ1n) is 11.4. The first kappa shape index (κ1) is 23.1. The van der Waals surface area contributed by atoms with E-state index in [4.69, 9.17) is 5.73 Å². The van der Waals surface area contributed by atoms with Crippen LogP contribution >= 0.6 is 11.8 Å². The van der Waals surface area contributed by atoms with Gasteiger partial charge in [-0.25, -0.2) is 0 Å². The monoisotopic (exact) mass is 456 g/mol. The first-order valence-corrected chi connectivity index (χ1v) is 12.4. The van der Waals surface area contributed by atoms with Gasteiger partial charge in [-0.15, -0.1) is 5.10 Å². The van der Waals surface area contributed by atoms with Crippen LogP contribution in [0.5, 0.6) is 0 Å². The summed E-state index contributed by atoms with van der Waals surface area (Å²) in [5, 5.41) is 8.89. The van der Waals surface area contributed by atoms with E-state index in [1.807, 2.05) is 18.2 Å². The minimum absolute atomic E-state index is 0.0899. The van der Waals surface area contributed by atoms with Crippen molar-refractivity contribution in [2.45, 2.75) is 50.9 Å². The smallest absolute Gasteiger partial charge is 0.180 e. The van der Waals surface area contributed by atoms with Crippen molar-refractivity contribution in [2.75, 3.05) is 4.90 Å². The van der Waals surface area contributed by atoms with Crippen LogP contribution in [0.25, 0.3) is 0 Å². The summed E-state index contributed by atoms with van der Waals surface area (Å²) in [4.78, 5) is 2.54. The molecule has 1 aliphatic heterocycles. The Hall–Kier alpha value is -3.05. The van der Waals surface area contributed by atoms with Crippen LogP contribution < -0.4 is 10.6 Å². The zero-order chi connectivity index (χ0) is 23.3. The Balaban J connectivity index is 1.49.